The molecular formula is C14H25Cl2NO3S. The lowest BCUT2D eigenvalue weighted by Crippen LogP contribution is -2.47. The summed E-state index contributed by atoms with van der Waals surface area (Å²) < 4.78 is 24.4. The number of hydrogen-bond acceptors (Lipinski definition) is 3. The summed E-state index contributed by atoms with van der Waals surface area (Å²) in [5.74, 6) is -0.570. The molecule has 0 aliphatic carbocycles. The van der Waals surface area contributed by atoms with Crippen LogP contribution in [0.2, 0.25) is 0 Å². The zero-order valence-electron chi connectivity index (χ0n) is 13.0. The van der Waals surface area contributed by atoms with Crippen molar-refractivity contribution in [3.05, 3.63) is 0 Å². The van der Waals surface area contributed by atoms with E-state index in [1.807, 2.05) is 0 Å². The fraction of sp³-hybridized carbons (Fsp3) is 0.929. The number of carbonyl (C=O) groups excluding carboxylic acids is 1. The summed E-state index contributed by atoms with van der Waals surface area (Å²) in [7, 11) is -3.92. The van der Waals surface area contributed by atoms with Crippen molar-refractivity contribution in [1.82, 2.24) is 4.31 Å². The molecule has 7 heteroatoms. The fourth-order valence-corrected chi connectivity index (χ4v) is 5.94. The van der Waals surface area contributed by atoms with E-state index in [0.29, 0.717) is 6.42 Å². The maximum atomic E-state index is 12.6. The van der Waals surface area contributed by atoms with Crippen LogP contribution in [-0.4, -0.2) is 34.3 Å². The molecule has 1 saturated heterocycles. The molecule has 0 radical (unpaired) electrons. The molecule has 0 aromatic carbocycles. The molecule has 1 fully saturated rings. The first-order valence-corrected chi connectivity index (χ1v) is 9.87. The number of sulfonamides is 1. The molecule has 1 amide bonds. The molecule has 21 heavy (non-hydrogen) atoms. The molecule has 0 spiro atoms. The number of alkyl halides is 2. The van der Waals surface area contributed by atoms with Gasteiger partial charge in [-0.3, -0.25) is 4.79 Å². The van der Waals surface area contributed by atoms with Crippen molar-refractivity contribution in [3.8, 4) is 0 Å². The van der Waals surface area contributed by atoms with Crippen molar-refractivity contribution in [2.24, 2.45) is 0 Å². The molecule has 0 aromatic heterocycles. The van der Waals surface area contributed by atoms with E-state index in [2.05, 4.69) is 6.92 Å². The number of carbonyl (C=O) groups is 1. The summed E-state index contributed by atoms with van der Waals surface area (Å²) in [5.41, 5.74) is 0. The van der Waals surface area contributed by atoms with E-state index in [1.165, 1.54) is 0 Å². The highest BCUT2D eigenvalue weighted by atomic mass is 35.5. The lowest BCUT2D eigenvalue weighted by Gasteiger charge is -2.29. The van der Waals surface area contributed by atoms with Crippen LogP contribution in [0.15, 0.2) is 0 Å². The van der Waals surface area contributed by atoms with Crippen LogP contribution < -0.4 is 0 Å². The standard InChI is InChI=1S/C14H25Cl2NO3S/c1-4-7-8-9-10-11-17-12(18)13(15,5-2)14(16,6-3)21(17,19)20/h4-11H2,1-3H3. The summed E-state index contributed by atoms with van der Waals surface area (Å²) in [5, 5.41) is 0. The molecule has 1 aliphatic heterocycles. The summed E-state index contributed by atoms with van der Waals surface area (Å²) in [6.07, 6.45) is 5.11. The molecule has 4 nitrogen and oxygen atoms in total. The quantitative estimate of drug-likeness (QED) is 0.489. The maximum absolute atomic E-state index is 12.6. The van der Waals surface area contributed by atoms with Gasteiger partial charge in [0.2, 0.25) is 0 Å². The first-order valence-electron chi connectivity index (χ1n) is 7.67. The second-order valence-corrected chi connectivity index (χ2v) is 9.14. The SMILES string of the molecule is CCCCCCCN1C(=O)C(Cl)(CC)C(Cl)(CC)S1(=O)=O. The lowest BCUT2D eigenvalue weighted by molar-refractivity contribution is -0.128. The Morgan fingerprint density at radius 2 is 1.57 bits per heavy atom. The van der Waals surface area contributed by atoms with E-state index in [9.17, 15) is 13.2 Å². The average Bonchev–Trinajstić information content (AvgIpc) is 2.57. The Kier molecular flexibility index (Phi) is 6.40. The molecule has 0 bridgehead atoms. The average molecular weight is 358 g/mol. The normalized spacial score (nSPS) is 31.9. The van der Waals surface area contributed by atoms with Gasteiger partial charge in [-0.1, -0.05) is 58.1 Å². The Hall–Kier alpha value is -0.000000000000000111. The monoisotopic (exact) mass is 357 g/mol. The van der Waals surface area contributed by atoms with Crippen LogP contribution >= 0.6 is 23.2 Å². The third-order valence-electron chi connectivity index (χ3n) is 4.26. The smallest absolute Gasteiger partial charge is 0.260 e. The third-order valence-corrected chi connectivity index (χ3v) is 8.78. The van der Waals surface area contributed by atoms with Gasteiger partial charge in [0, 0.05) is 6.54 Å². The van der Waals surface area contributed by atoms with Crippen LogP contribution in [0.3, 0.4) is 0 Å². The van der Waals surface area contributed by atoms with Crippen LogP contribution in [0, 0.1) is 0 Å². The number of hydrogen-bond donors (Lipinski definition) is 0. The van der Waals surface area contributed by atoms with Crippen LogP contribution in [0.4, 0.5) is 0 Å². The molecule has 124 valence electrons. The summed E-state index contributed by atoms with van der Waals surface area (Å²) in [4.78, 5) is 10.9. The van der Waals surface area contributed by atoms with Gasteiger partial charge >= 0.3 is 0 Å². The summed E-state index contributed by atoms with van der Waals surface area (Å²) in [6.45, 7) is 5.63. The third kappa shape index (κ3) is 2.93. The van der Waals surface area contributed by atoms with Gasteiger partial charge in [0.25, 0.3) is 15.9 Å². The summed E-state index contributed by atoms with van der Waals surface area (Å²) in [6, 6.07) is 0. The highest BCUT2D eigenvalue weighted by Gasteiger charge is 2.70. The molecule has 2 atom stereocenters. The molecule has 1 heterocycles. The van der Waals surface area contributed by atoms with Gasteiger partial charge < -0.3 is 0 Å². The first-order chi connectivity index (χ1) is 9.72. The highest BCUT2D eigenvalue weighted by molar-refractivity contribution is 7.93. The van der Waals surface area contributed by atoms with E-state index in [4.69, 9.17) is 23.2 Å². The largest absolute Gasteiger partial charge is 0.272 e. The molecule has 1 rings (SSSR count). The Morgan fingerprint density at radius 3 is 2.00 bits per heavy atom. The first kappa shape index (κ1) is 19.0. The minimum atomic E-state index is -3.92. The van der Waals surface area contributed by atoms with Crippen LogP contribution in [-0.2, 0) is 14.8 Å². The van der Waals surface area contributed by atoms with Crippen molar-refractivity contribution in [2.75, 3.05) is 6.54 Å². The van der Waals surface area contributed by atoms with Crippen molar-refractivity contribution in [3.63, 3.8) is 0 Å². The van der Waals surface area contributed by atoms with E-state index in [-0.39, 0.29) is 19.4 Å². The molecular weight excluding hydrogens is 333 g/mol. The van der Waals surface area contributed by atoms with Crippen molar-refractivity contribution in [2.45, 2.75) is 74.8 Å². The second-order valence-electron chi connectivity index (χ2n) is 5.53. The van der Waals surface area contributed by atoms with Crippen molar-refractivity contribution in [1.29, 1.82) is 0 Å². The molecule has 0 N–H and O–H groups in total. The summed E-state index contributed by atoms with van der Waals surface area (Å²) >= 11 is 12.7. The topological polar surface area (TPSA) is 54.5 Å². The van der Waals surface area contributed by atoms with Crippen LogP contribution in [0.5, 0.6) is 0 Å². The predicted octanol–water partition coefficient (Wildman–Crippen LogP) is 3.86. The highest BCUT2D eigenvalue weighted by Crippen LogP contribution is 2.52. The lowest BCUT2D eigenvalue weighted by atomic mass is 9.97. The zero-order chi connectivity index (χ0) is 16.3. The predicted molar refractivity (Wildman–Crippen MR) is 87.1 cm³/mol. The fourth-order valence-electron chi connectivity index (χ4n) is 2.80. The Labute approximate surface area is 138 Å². The molecule has 0 aromatic rings. The van der Waals surface area contributed by atoms with E-state index in [0.717, 1.165) is 30.0 Å². The zero-order valence-corrected chi connectivity index (χ0v) is 15.3. The van der Waals surface area contributed by atoms with Crippen LogP contribution in [0.25, 0.3) is 0 Å². The maximum Gasteiger partial charge on any atom is 0.260 e. The van der Waals surface area contributed by atoms with Gasteiger partial charge in [0.1, 0.15) is 0 Å². The number of unbranched alkanes of at least 4 members (excludes halogenated alkanes) is 4. The van der Waals surface area contributed by atoms with Crippen LogP contribution in [0.1, 0.15) is 65.7 Å². The minimum absolute atomic E-state index is 0.103. The molecule has 0 saturated carbocycles. The van der Waals surface area contributed by atoms with Gasteiger partial charge in [-0.2, -0.15) is 0 Å². The van der Waals surface area contributed by atoms with Gasteiger partial charge in [-0.25, -0.2) is 12.7 Å². The Balaban J connectivity index is 2.94. The number of rotatable bonds is 8. The van der Waals surface area contributed by atoms with E-state index in [1.54, 1.807) is 13.8 Å². The Morgan fingerprint density at radius 1 is 1.00 bits per heavy atom. The van der Waals surface area contributed by atoms with Gasteiger partial charge in [-0.15, -0.1) is 11.6 Å². The second kappa shape index (κ2) is 7.05. The van der Waals surface area contributed by atoms with Gasteiger partial charge in [0.15, 0.2) is 9.08 Å². The van der Waals surface area contributed by atoms with Gasteiger partial charge in [-0.05, 0) is 19.3 Å². The number of halogens is 2. The number of amides is 1. The van der Waals surface area contributed by atoms with Crippen molar-refractivity contribution < 1.29 is 13.2 Å². The minimum Gasteiger partial charge on any atom is -0.272 e. The molecule has 2 unspecified atom stereocenters. The van der Waals surface area contributed by atoms with Gasteiger partial charge in [0.05, 0.1) is 0 Å². The van der Waals surface area contributed by atoms with E-state index < -0.39 is 25.0 Å². The van der Waals surface area contributed by atoms with Crippen molar-refractivity contribution >= 4 is 39.1 Å². The number of nitrogens with zero attached hydrogens (tertiary/aromatic N) is 1. The van der Waals surface area contributed by atoms with E-state index >= 15 is 0 Å². The molecule has 1 aliphatic rings. The Bertz CT molecular complexity index is 483.